The van der Waals surface area contributed by atoms with Crippen LogP contribution in [0.1, 0.15) is 52.9 Å². The number of carboxylic acids is 1. The van der Waals surface area contributed by atoms with Crippen molar-refractivity contribution in [1.29, 1.82) is 5.26 Å². The molecule has 1 saturated heterocycles. The number of aliphatic hydroxyl groups excluding tert-OH is 2. The van der Waals surface area contributed by atoms with Gasteiger partial charge in [-0.15, -0.1) is 0 Å². The summed E-state index contributed by atoms with van der Waals surface area (Å²) < 4.78 is 18.4. The molecular formula is C40H42N6O9. The Hall–Kier alpha value is -5.92. The van der Waals surface area contributed by atoms with Gasteiger partial charge in [0.15, 0.2) is 5.82 Å². The van der Waals surface area contributed by atoms with E-state index in [9.17, 15) is 35.5 Å². The van der Waals surface area contributed by atoms with Crippen molar-refractivity contribution in [1.82, 2.24) is 20.4 Å². The second-order valence-corrected chi connectivity index (χ2v) is 13.8. The molecule has 2 heterocycles. The lowest BCUT2D eigenvalue weighted by Gasteiger charge is -2.37. The van der Waals surface area contributed by atoms with E-state index in [-0.39, 0.29) is 42.7 Å². The van der Waals surface area contributed by atoms with Crippen LogP contribution < -0.4 is 14.8 Å². The second-order valence-electron chi connectivity index (χ2n) is 13.8. The van der Waals surface area contributed by atoms with E-state index in [1.165, 1.54) is 12.1 Å². The second kappa shape index (κ2) is 17.0. The molecule has 3 aromatic carbocycles. The molecule has 1 fully saturated rings. The van der Waals surface area contributed by atoms with Gasteiger partial charge in [0.2, 0.25) is 11.6 Å². The summed E-state index contributed by atoms with van der Waals surface area (Å²) in [7, 11) is 0. The first-order valence-corrected chi connectivity index (χ1v) is 17.8. The fourth-order valence-corrected chi connectivity index (χ4v) is 6.95. The minimum Gasteiger partial charge on any atom is -0.488 e. The number of carbonyl (C=O) groups is 1. The van der Waals surface area contributed by atoms with E-state index in [0.717, 1.165) is 16.7 Å². The Morgan fingerprint density at radius 2 is 2.02 bits per heavy atom. The number of aliphatic hydroxyl groups is 2. The van der Waals surface area contributed by atoms with Gasteiger partial charge < -0.3 is 29.3 Å². The molecule has 286 valence electrons. The van der Waals surface area contributed by atoms with Crippen molar-refractivity contribution >= 4 is 17.2 Å². The Bertz CT molecular complexity index is 2140. The van der Waals surface area contributed by atoms with Crippen LogP contribution in [0.15, 0.2) is 83.4 Å². The SMILES string of the molecule is Cc1ccccc1C1=CC=CC(COc2cc(OCc3cccc(C#N)c3)c(CNC(CO)C(=O)O)cc2[N+](=O)[O-])(c2noc(CN3CC[C@@H](O)C3)n2)C1C. The number of β-amino-alcohol motifs (C(OH)–C–C–N with tert-alkyl or cyclic N) is 1. The van der Waals surface area contributed by atoms with Gasteiger partial charge in [-0.3, -0.25) is 25.1 Å². The third-order valence-corrected chi connectivity index (χ3v) is 10.1. The largest absolute Gasteiger partial charge is 0.488 e. The molecule has 0 saturated carbocycles. The summed E-state index contributed by atoms with van der Waals surface area (Å²) in [5, 5.41) is 58.2. The van der Waals surface area contributed by atoms with Crippen molar-refractivity contribution in [2.45, 2.75) is 57.5 Å². The predicted octanol–water partition coefficient (Wildman–Crippen LogP) is 4.44. The standard InChI is InChI=1S/C40H42N6O9/c1-25-7-3-4-10-31(25)32-11-6-13-40(26(32)2,39-43-37(55-44-39)21-45-14-12-30(48)20-45)24-54-36-17-35(53-23-28-9-5-8-27(15-28)18-41)29(16-34(36)46(51)52)19-42-33(22-47)38(49)50/h3-11,13,15-17,26,30,33,42,47-48H,12,14,19-24H2,1-2H3,(H,49,50)/t26?,30-,33?,40?/m1/s1. The highest BCUT2D eigenvalue weighted by molar-refractivity contribution is 5.74. The summed E-state index contributed by atoms with van der Waals surface area (Å²) in [6, 6.07) is 18.1. The monoisotopic (exact) mass is 750 g/mol. The van der Waals surface area contributed by atoms with Gasteiger partial charge in [0.05, 0.1) is 41.2 Å². The molecule has 4 atom stereocenters. The maximum atomic E-state index is 12.6. The van der Waals surface area contributed by atoms with Crippen LogP contribution in [-0.4, -0.2) is 79.7 Å². The van der Waals surface area contributed by atoms with Crippen molar-refractivity contribution in [2.24, 2.45) is 5.92 Å². The maximum Gasteiger partial charge on any atom is 0.323 e. The molecule has 2 aliphatic rings. The van der Waals surface area contributed by atoms with Crippen molar-refractivity contribution in [3.05, 3.63) is 129 Å². The van der Waals surface area contributed by atoms with Crippen LogP contribution in [0.3, 0.4) is 0 Å². The first-order chi connectivity index (χ1) is 26.5. The molecule has 4 aromatic rings. The fourth-order valence-electron chi connectivity index (χ4n) is 6.95. The van der Waals surface area contributed by atoms with Crippen LogP contribution in [0, 0.1) is 34.3 Å². The number of nitro benzene ring substituents is 1. The zero-order valence-corrected chi connectivity index (χ0v) is 30.4. The van der Waals surface area contributed by atoms with E-state index >= 15 is 0 Å². The quantitative estimate of drug-likeness (QED) is 0.0920. The zero-order valence-electron chi connectivity index (χ0n) is 30.4. The average Bonchev–Trinajstić information content (AvgIpc) is 3.83. The molecule has 0 amide bonds. The summed E-state index contributed by atoms with van der Waals surface area (Å²) in [6.45, 7) is 4.49. The normalized spacial score (nSPS) is 20.1. The lowest BCUT2D eigenvalue weighted by Crippen LogP contribution is -2.41. The molecule has 0 radical (unpaired) electrons. The molecular weight excluding hydrogens is 708 g/mol. The van der Waals surface area contributed by atoms with Crippen molar-refractivity contribution in [3.8, 4) is 17.6 Å². The molecule has 1 aliphatic heterocycles. The number of aliphatic carboxylic acids is 1. The van der Waals surface area contributed by atoms with Crippen molar-refractivity contribution < 1.29 is 39.0 Å². The van der Waals surface area contributed by atoms with Gasteiger partial charge in [-0.05, 0) is 47.7 Å². The van der Waals surface area contributed by atoms with Gasteiger partial charge in [-0.2, -0.15) is 10.2 Å². The van der Waals surface area contributed by atoms with Crippen LogP contribution in [0.4, 0.5) is 5.69 Å². The molecule has 0 spiro atoms. The number of nitro groups is 1. The van der Waals surface area contributed by atoms with Gasteiger partial charge >= 0.3 is 11.7 Å². The van der Waals surface area contributed by atoms with Gasteiger partial charge in [-0.1, -0.05) is 66.7 Å². The Balaban J connectivity index is 1.37. The number of carboxylic acid groups (broad SMARTS) is 1. The molecule has 1 aromatic heterocycles. The molecule has 55 heavy (non-hydrogen) atoms. The first kappa shape index (κ1) is 38.8. The van der Waals surface area contributed by atoms with E-state index in [1.807, 2.05) is 61.2 Å². The van der Waals surface area contributed by atoms with Gasteiger partial charge in [0.25, 0.3) is 0 Å². The van der Waals surface area contributed by atoms with Crippen LogP contribution in [0.5, 0.6) is 11.5 Å². The summed E-state index contributed by atoms with van der Waals surface area (Å²) in [5.41, 5.74) is 2.91. The van der Waals surface area contributed by atoms with Crippen LogP contribution in [0.2, 0.25) is 0 Å². The highest BCUT2D eigenvalue weighted by Crippen LogP contribution is 2.45. The fraction of sp³-hybridized carbons (Fsp3) is 0.350. The number of aromatic nitrogens is 2. The summed E-state index contributed by atoms with van der Waals surface area (Å²) >= 11 is 0. The first-order valence-electron chi connectivity index (χ1n) is 17.8. The summed E-state index contributed by atoms with van der Waals surface area (Å²) in [5.74, 6) is -0.879. The van der Waals surface area contributed by atoms with Gasteiger partial charge in [0, 0.05) is 43.2 Å². The summed E-state index contributed by atoms with van der Waals surface area (Å²) in [4.78, 5) is 30.5. The number of ether oxygens (including phenoxy) is 2. The number of nitrogens with zero attached hydrogens (tertiary/aromatic N) is 5. The Kier molecular flexibility index (Phi) is 12.0. The lowest BCUT2D eigenvalue weighted by atomic mass is 9.68. The molecule has 6 rings (SSSR count). The van der Waals surface area contributed by atoms with Gasteiger partial charge in [-0.25, -0.2) is 0 Å². The number of hydrogen-bond acceptors (Lipinski definition) is 13. The van der Waals surface area contributed by atoms with E-state index in [4.69, 9.17) is 19.0 Å². The minimum atomic E-state index is -1.33. The van der Waals surface area contributed by atoms with E-state index < -0.39 is 40.7 Å². The van der Waals surface area contributed by atoms with Gasteiger partial charge in [0.1, 0.15) is 25.0 Å². The zero-order chi connectivity index (χ0) is 39.1. The molecule has 1 aliphatic carbocycles. The van der Waals surface area contributed by atoms with E-state index in [2.05, 4.69) is 16.5 Å². The third kappa shape index (κ3) is 8.74. The molecule has 4 N–H and O–H groups in total. The number of nitrogens with one attached hydrogen (secondary N) is 1. The van der Waals surface area contributed by atoms with Crippen molar-refractivity contribution in [3.63, 3.8) is 0 Å². The molecule has 15 heteroatoms. The van der Waals surface area contributed by atoms with Crippen LogP contribution in [0.25, 0.3) is 5.57 Å². The number of likely N-dealkylation sites (tertiary alicyclic amines) is 1. The van der Waals surface area contributed by atoms with E-state index in [1.54, 1.807) is 24.3 Å². The van der Waals surface area contributed by atoms with Crippen LogP contribution >= 0.6 is 0 Å². The smallest absolute Gasteiger partial charge is 0.323 e. The highest BCUT2D eigenvalue weighted by atomic mass is 16.6. The third-order valence-electron chi connectivity index (χ3n) is 10.1. The average molecular weight is 751 g/mol. The van der Waals surface area contributed by atoms with Crippen LogP contribution in [-0.2, 0) is 29.9 Å². The number of nitriles is 1. The minimum absolute atomic E-state index is 0.0178. The predicted molar refractivity (Wildman–Crippen MR) is 199 cm³/mol. The number of allylic oxidation sites excluding steroid dienone is 3. The lowest BCUT2D eigenvalue weighted by molar-refractivity contribution is -0.386. The van der Waals surface area contributed by atoms with E-state index in [0.29, 0.717) is 48.9 Å². The highest BCUT2D eigenvalue weighted by Gasteiger charge is 2.45. The molecule has 15 nitrogen and oxygen atoms in total. The number of aryl methyl sites for hydroxylation is 1. The topological polar surface area (TPSA) is 217 Å². The maximum absolute atomic E-state index is 12.6. The number of hydrogen-bond donors (Lipinski definition) is 4. The Labute approximate surface area is 317 Å². The Morgan fingerprint density at radius 3 is 2.73 bits per heavy atom. The number of rotatable bonds is 16. The molecule has 3 unspecified atom stereocenters. The Morgan fingerprint density at radius 1 is 1.20 bits per heavy atom. The van der Waals surface area contributed by atoms with Crippen molar-refractivity contribution in [2.75, 3.05) is 26.3 Å². The molecule has 0 bridgehead atoms. The summed E-state index contributed by atoms with van der Waals surface area (Å²) in [6.07, 6.45) is 6.05. The number of benzene rings is 3.